The number of aliphatic carboxylic acids is 1. The summed E-state index contributed by atoms with van der Waals surface area (Å²) in [6, 6.07) is 3.93. The number of benzene rings is 1. The van der Waals surface area contributed by atoms with Crippen LogP contribution >= 0.6 is 0 Å². The fourth-order valence-electron chi connectivity index (χ4n) is 2.52. The molecule has 1 saturated carbocycles. The zero-order valence-electron chi connectivity index (χ0n) is 10.9. The molecule has 2 rings (SSSR count). The number of hydrogen-bond acceptors (Lipinski definition) is 4. The van der Waals surface area contributed by atoms with Crippen LogP contribution in [-0.4, -0.2) is 33.2 Å². The van der Waals surface area contributed by atoms with Crippen LogP contribution in [0.25, 0.3) is 0 Å². The highest BCUT2D eigenvalue weighted by Gasteiger charge is 2.28. The van der Waals surface area contributed by atoms with E-state index in [9.17, 15) is 19.8 Å². The highest BCUT2D eigenvalue weighted by atomic mass is 16.4. The Balaban J connectivity index is 2.04. The van der Waals surface area contributed by atoms with Gasteiger partial charge in [0.2, 0.25) is 0 Å². The molecule has 6 nitrogen and oxygen atoms in total. The second-order valence-electron chi connectivity index (χ2n) is 5.05. The van der Waals surface area contributed by atoms with Gasteiger partial charge >= 0.3 is 5.97 Å². The monoisotopic (exact) mass is 279 g/mol. The Morgan fingerprint density at radius 1 is 1.20 bits per heavy atom. The molecule has 2 unspecified atom stereocenters. The van der Waals surface area contributed by atoms with E-state index in [2.05, 4.69) is 5.32 Å². The first kappa shape index (κ1) is 14.2. The third-order valence-corrected chi connectivity index (χ3v) is 3.62. The number of phenols is 2. The molecule has 0 aliphatic heterocycles. The second-order valence-corrected chi connectivity index (χ2v) is 5.05. The molecule has 1 fully saturated rings. The van der Waals surface area contributed by atoms with E-state index in [0.717, 1.165) is 12.8 Å². The molecule has 108 valence electrons. The lowest BCUT2D eigenvalue weighted by Crippen LogP contribution is -2.39. The normalized spacial score (nSPS) is 22.2. The van der Waals surface area contributed by atoms with Crippen molar-refractivity contribution in [3.8, 4) is 11.5 Å². The van der Waals surface area contributed by atoms with Crippen LogP contribution in [0.3, 0.4) is 0 Å². The van der Waals surface area contributed by atoms with E-state index in [1.54, 1.807) is 0 Å². The summed E-state index contributed by atoms with van der Waals surface area (Å²) in [5, 5.41) is 30.7. The van der Waals surface area contributed by atoms with Crippen molar-refractivity contribution in [3.05, 3.63) is 23.8 Å². The molecule has 2 atom stereocenters. The fraction of sp³-hybridized carbons (Fsp3) is 0.429. The van der Waals surface area contributed by atoms with Gasteiger partial charge in [0.15, 0.2) is 11.5 Å². The summed E-state index contributed by atoms with van der Waals surface area (Å²) in [6.45, 7) is 0. The van der Waals surface area contributed by atoms with Gasteiger partial charge in [-0.2, -0.15) is 0 Å². The fourth-order valence-corrected chi connectivity index (χ4v) is 2.52. The largest absolute Gasteiger partial charge is 0.504 e. The number of amides is 1. The van der Waals surface area contributed by atoms with Gasteiger partial charge < -0.3 is 20.6 Å². The number of carboxylic acids is 1. The zero-order chi connectivity index (χ0) is 14.7. The highest BCUT2D eigenvalue weighted by Crippen LogP contribution is 2.29. The summed E-state index contributed by atoms with van der Waals surface area (Å²) >= 11 is 0. The second kappa shape index (κ2) is 5.81. The first-order chi connectivity index (χ1) is 9.49. The Kier molecular flexibility index (Phi) is 4.12. The van der Waals surface area contributed by atoms with Crippen molar-refractivity contribution in [3.63, 3.8) is 0 Å². The van der Waals surface area contributed by atoms with Crippen LogP contribution in [0, 0.1) is 5.92 Å². The lowest BCUT2D eigenvalue weighted by Gasteiger charge is -2.27. The molecule has 0 radical (unpaired) electrons. The van der Waals surface area contributed by atoms with Gasteiger partial charge in [-0.1, -0.05) is 12.5 Å². The van der Waals surface area contributed by atoms with Crippen LogP contribution in [0.2, 0.25) is 0 Å². The van der Waals surface area contributed by atoms with E-state index in [1.807, 2.05) is 0 Å². The smallest absolute Gasteiger partial charge is 0.306 e. The molecule has 1 aromatic carbocycles. The average Bonchev–Trinajstić information content (AvgIpc) is 2.42. The van der Waals surface area contributed by atoms with Gasteiger partial charge in [0.05, 0.1) is 11.5 Å². The summed E-state index contributed by atoms with van der Waals surface area (Å²) in [5.74, 6) is -2.61. The van der Waals surface area contributed by atoms with Gasteiger partial charge in [-0.05, 0) is 31.4 Å². The predicted octanol–water partition coefficient (Wildman–Crippen LogP) is 1.47. The van der Waals surface area contributed by atoms with E-state index < -0.39 is 23.5 Å². The van der Waals surface area contributed by atoms with Gasteiger partial charge in [-0.25, -0.2) is 0 Å². The molecule has 0 bridgehead atoms. The Hall–Kier alpha value is -2.24. The summed E-state index contributed by atoms with van der Waals surface area (Å²) in [4.78, 5) is 23.0. The Morgan fingerprint density at radius 2 is 1.95 bits per heavy atom. The summed E-state index contributed by atoms with van der Waals surface area (Å²) in [5.41, 5.74) is -0.0116. The average molecular weight is 279 g/mol. The highest BCUT2D eigenvalue weighted by molar-refractivity contribution is 5.97. The maximum Gasteiger partial charge on any atom is 0.306 e. The van der Waals surface area contributed by atoms with Gasteiger partial charge in [0.1, 0.15) is 0 Å². The van der Waals surface area contributed by atoms with Gasteiger partial charge in [-0.3, -0.25) is 9.59 Å². The van der Waals surface area contributed by atoms with E-state index in [0.29, 0.717) is 12.8 Å². The van der Waals surface area contributed by atoms with Gasteiger partial charge in [-0.15, -0.1) is 0 Å². The molecule has 1 aliphatic rings. The third-order valence-electron chi connectivity index (χ3n) is 3.62. The van der Waals surface area contributed by atoms with Crippen LogP contribution in [0.5, 0.6) is 11.5 Å². The van der Waals surface area contributed by atoms with Crippen molar-refractivity contribution >= 4 is 11.9 Å². The number of carbonyl (C=O) groups excluding carboxylic acids is 1. The van der Waals surface area contributed by atoms with Crippen molar-refractivity contribution in [2.24, 2.45) is 5.92 Å². The topological polar surface area (TPSA) is 107 Å². The number of aromatic hydroxyl groups is 2. The van der Waals surface area contributed by atoms with Crippen LogP contribution in [0.1, 0.15) is 36.0 Å². The lowest BCUT2D eigenvalue weighted by molar-refractivity contribution is -0.143. The molecule has 0 spiro atoms. The van der Waals surface area contributed by atoms with E-state index in [4.69, 9.17) is 5.11 Å². The quantitative estimate of drug-likeness (QED) is 0.627. The van der Waals surface area contributed by atoms with E-state index in [1.165, 1.54) is 18.2 Å². The van der Waals surface area contributed by atoms with Crippen LogP contribution in [0.4, 0.5) is 0 Å². The Labute approximate surface area is 116 Å². The van der Waals surface area contributed by atoms with E-state index in [-0.39, 0.29) is 17.4 Å². The Morgan fingerprint density at radius 3 is 2.65 bits per heavy atom. The number of para-hydroxylation sites is 1. The summed E-state index contributed by atoms with van der Waals surface area (Å²) in [6.07, 6.45) is 2.47. The Bertz CT molecular complexity index is 528. The summed E-state index contributed by atoms with van der Waals surface area (Å²) < 4.78 is 0. The standard InChI is InChI=1S/C14H17NO5/c16-11-6-2-5-10(12(11)17)13(18)15-9-4-1-3-8(7-9)14(19)20/h2,5-6,8-9,16-17H,1,3-4,7H2,(H,15,18)(H,19,20). The first-order valence-corrected chi connectivity index (χ1v) is 6.53. The third kappa shape index (κ3) is 3.01. The molecule has 1 amide bonds. The van der Waals surface area contributed by atoms with Crippen molar-refractivity contribution in [1.82, 2.24) is 5.32 Å². The maximum atomic E-state index is 12.0. The molecule has 0 saturated heterocycles. The minimum atomic E-state index is -0.843. The molecule has 4 N–H and O–H groups in total. The number of nitrogens with one attached hydrogen (secondary N) is 1. The number of carboxylic acid groups (broad SMARTS) is 1. The van der Waals surface area contributed by atoms with Gasteiger partial charge in [0.25, 0.3) is 5.91 Å². The molecule has 1 aliphatic carbocycles. The number of rotatable bonds is 3. The number of carbonyl (C=O) groups is 2. The molecule has 1 aromatic rings. The molecule has 6 heteroatoms. The predicted molar refractivity (Wildman–Crippen MR) is 70.6 cm³/mol. The molecule has 0 aromatic heterocycles. The van der Waals surface area contributed by atoms with Crippen LogP contribution in [0.15, 0.2) is 18.2 Å². The van der Waals surface area contributed by atoms with E-state index >= 15 is 0 Å². The SMILES string of the molecule is O=C(NC1CCCC(C(=O)O)C1)c1cccc(O)c1O. The zero-order valence-corrected chi connectivity index (χ0v) is 10.9. The minimum absolute atomic E-state index is 0.0116. The maximum absolute atomic E-state index is 12.0. The van der Waals surface area contributed by atoms with Crippen molar-refractivity contribution < 1.29 is 24.9 Å². The van der Waals surface area contributed by atoms with Gasteiger partial charge in [0, 0.05) is 6.04 Å². The molecular formula is C14H17NO5. The number of hydrogen-bond donors (Lipinski definition) is 4. The molecule has 20 heavy (non-hydrogen) atoms. The minimum Gasteiger partial charge on any atom is -0.504 e. The van der Waals surface area contributed by atoms with Crippen LogP contribution < -0.4 is 5.32 Å². The lowest BCUT2D eigenvalue weighted by atomic mass is 9.85. The number of phenolic OH excluding ortho intramolecular Hbond substituents is 2. The molecule has 0 heterocycles. The first-order valence-electron chi connectivity index (χ1n) is 6.53. The molecular weight excluding hydrogens is 262 g/mol. The van der Waals surface area contributed by atoms with Crippen molar-refractivity contribution in [2.75, 3.05) is 0 Å². The van der Waals surface area contributed by atoms with Crippen LogP contribution in [-0.2, 0) is 4.79 Å². The van der Waals surface area contributed by atoms with Crippen molar-refractivity contribution in [1.29, 1.82) is 0 Å². The summed E-state index contributed by atoms with van der Waals surface area (Å²) in [7, 11) is 0. The van der Waals surface area contributed by atoms with Crippen molar-refractivity contribution in [2.45, 2.75) is 31.7 Å².